The van der Waals surface area contributed by atoms with Gasteiger partial charge in [0.25, 0.3) is 0 Å². The van der Waals surface area contributed by atoms with E-state index in [4.69, 9.17) is 5.10 Å². The van der Waals surface area contributed by atoms with Crippen molar-refractivity contribution in [2.45, 2.75) is 39.8 Å². The van der Waals surface area contributed by atoms with Gasteiger partial charge in [0, 0.05) is 32.3 Å². The second-order valence-electron chi connectivity index (χ2n) is 8.08. The lowest BCUT2D eigenvalue weighted by Crippen LogP contribution is -2.20. The molecular weight excluding hydrogens is 373 g/mol. The lowest BCUT2D eigenvalue weighted by Gasteiger charge is -2.15. The van der Waals surface area contributed by atoms with Gasteiger partial charge in [-0.25, -0.2) is 19.0 Å². The summed E-state index contributed by atoms with van der Waals surface area (Å²) in [6.07, 6.45) is 5.77. The number of carbonyl (C=O) groups is 1. The maximum absolute atomic E-state index is 14.4. The molecule has 0 spiro atoms. The van der Waals surface area contributed by atoms with Crippen LogP contribution >= 0.6 is 0 Å². The highest BCUT2D eigenvalue weighted by Crippen LogP contribution is 2.32. The molecule has 0 aromatic carbocycles. The topological polar surface area (TPSA) is 88.8 Å². The first-order valence-electron chi connectivity index (χ1n) is 9.65. The maximum atomic E-state index is 14.4. The van der Waals surface area contributed by atoms with Crippen molar-refractivity contribution in [3.05, 3.63) is 30.4 Å². The van der Waals surface area contributed by atoms with Gasteiger partial charge in [-0.15, -0.1) is 5.10 Å². The molecule has 4 rings (SSSR count). The van der Waals surface area contributed by atoms with E-state index in [9.17, 15) is 9.18 Å². The van der Waals surface area contributed by atoms with E-state index in [0.29, 0.717) is 17.6 Å². The van der Waals surface area contributed by atoms with Gasteiger partial charge in [-0.05, 0) is 26.2 Å². The Morgan fingerprint density at radius 3 is 2.76 bits per heavy atom. The third-order valence-electron chi connectivity index (χ3n) is 5.02. The molecule has 152 valence electrons. The minimum Gasteiger partial charge on any atom is -0.354 e. The lowest BCUT2D eigenvalue weighted by molar-refractivity contribution is -0.114. The third-order valence-corrected chi connectivity index (χ3v) is 5.02. The van der Waals surface area contributed by atoms with Crippen LogP contribution in [0.4, 0.5) is 16.0 Å². The number of anilines is 2. The minimum absolute atomic E-state index is 0.211. The standard InChI is InChI=1S/C20H24FN7O/c1-12-5-6-27(11-12)19-14-8-23-17(24-13(2)29)7-15(14)28(26-19)18-10-22-9-16(25-18)20(3,4)21/h7-10,12H,5-6,11H2,1-4H3,(H,23,24,29). The van der Waals surface area contributed by atoms with E-state index >= 15 is 0 Å². The fourth-order valence-corrected chi connectivity index (χ4v) is 3.52. The number of fused-ring (bicyclic) bond motifs is 1. The summed E-state index contributed by atoms with van der Waals surface area (Å²) in [7, 11) is 0. The van der Waals surface area contributed by atoms with Gasteiger partial charge in [-0.1, -0.05) is 6.92 Å². The zero-order chi connectivity index (χ0) is 20.8. The number of aromatic nitrogens is 5. The summed E-state index contributed by atoms with van der Waals surface area (Å²) in [5.41, 5.74) is -0.671. The Hall–Kier alpha value is -3.10. The van der Waals surface area contributed by atoms with E-state index in [1.165, 1.54) is 27.0 Å². The monoisotopic (exact) mass is 397 g/mol. The molecule has 1 N–H and O–H groups in total. The van der Waals surface area contributed by atoms with Crippen molar-refractivity contribution in [3.8, 4) is 5.82 Å². The molecule has 1 atom stereocenters. The van der Waals surface area contributed by atoms with Crippen molar-refractivity contribution < 1.29 is 9.18 Å². The zero-order valence-electron chi connectivity index (χ0n) is 17.0. The van der Waals surface area contributed by atoms with Crippen LogP contribution in [-0.4, -0.2) is 43.7 Å². The van der Waals surface area contributed by atoms with Gasteiger partial charge in [-0.3, -0.25) is 9.78 Å². The molecule has 4 heterocycles. The summed E-state index contributed by atoms with van der Waals surface area (Å²) >= 11 is 0. The van der Waals surface area contributed by atoms with Gasteiger partial charge >= 0.3 is 0 Å². The Bertz CT molecular complexity index is 1070. The molecule has 1 amide bonds. The number of carbonyl (C=O) groups excluding carboxylic acids is 1. The lowest BCUT2D eigenvalue weighted by atomic mass is 10.1. The molecule has 0 aliphatic carbocycles. The summed E-state index contributed by atoms with van der Waals surface area (Å²) in [4.78, 5) is 26.6. The Morgan fingerprint density at radius 1 is 1.31 bits per heavy atom. The molecule has 1 fully saturated rings. The number of nitrogens with one attached hydrogen (secondary N) is 1. The SMILES string of the molecule is CC(=O)Nc1cc2c(cn1)c(N1CCC(C)C1)nn2-c1cncc(C(C)(C)F)n1. The van der Waals surface area contributed by atoms with Crippen molar-refractivity contribution in [2.24, 2.45) is 5.92 Å². The molecular formula is C20H24FN7O. The van der Waals surface area contributed by atoms with Crippen LogP contribution in [0.1, 0.15) is 39.8 Å². The average molecular weight is 397 g/mol. The summed E-state index contributed by atoms with van der Waals surface area (Å²) < 4.78 is 16.1. The predicted molar refractivity (Wildman–Crippen MR) is 109 cm³/mol. The van der Waals surface area contributed by atoms with E-state index < -0.39 is 5.67 Å². The van der Waals surface area contributed by atoms with Crippen molar-refractivity contribution in [2.75, 3.05) is 23.3 Å². The van der Waals surface area contributed by atoms with Gasteiger partial charge in [0.15, 0.2) is 11.6 Å². The molecule has 3 aromatic rings. The fourth-order valence-electron chi connectivity index (χ4n) is 3.52. The Kier molecular flexibility index (Phi) is 4.68. The summed E-state index contributed by atoms with van der Waals surface area (Å²) in [6, 6.07) is 1.75. The maximum Gasteiger partial charge on any atom is 0.222 e. The summed E-state index contributed by atoms with van der Waals surface area (Å²) in [6.45, 7) is 8.34. The Labute approximate surface area is 168 Å². The van der Waals surface area contributed by atoms with E-state index in [1.54, 1.807) is 23.1 Å². The van der Waals surface area contributed by atoms with Crippen LogP contribution in [0.25, 0.3) is 16.7 Å². The van der Waals surface area contributed by atoms with E-state index in [1.807, 2.05) is 0 Å². The van der Waals surface area contributed by atoms with Gasteiger partial charge in [0.05, 0.1) is 29.0 Å². The molecule has 0 radical (unpaired) electrons. The highest BCUT2D eigenvalue weighted by molar-refractivity contribution is 5.95. The second kappa shape index (κ2) is 7.06. The summed E-state index contributed by atoms with van der Waals surface area (Å²) in [5.74, 6) is 2.01. The first-order chi connectivity index (χ1) is 13.7. The number of nitrogens with zero attached hydrogens (tertiary/aromatic N) is 6. The van der Waals surface area contributed by atoms with Crippen molar-refractivity contribution in [3.63, 3.8) is 0 Å². The molecule has 1 saturated heterocycles. The summed E-state index contributed by atoms with van der Waals surface area (Å²) in [5, 5.41) is 8.33. The largest absolute Gasteiger partial charge is 0.354 e. The first kappa shape index (κ1) is 19.2. The number of rotatable bonds is 4. The molecule has 9 heteroatoms. The van der Waals surface area contributed by atoms with Gasteiger partial charge in [0.1, 0.15) is 11.5 Å². The van der Waals surface area contributed by atoms with Crippen LogP contribution in [0, 0.1) is 5.92 Å². The van der Waals surface area contributed by atoms with Crippen molar-refractivity contribution >= 4 is 28.4 Å². The second-order valence-corrected chi connectivity index (χ2v) is 8.08. The normalized spacial score (nSPS) is 17.1. The average Bonchev–Trinajstić information content (AvgIpc) is 3.24. The van der Waals surface area contributed by atoms with Gasteiger partial charge in [0.2, 0.25) is 5.91 Å². The Balaban J connectivity index is 1.89. The smallest absolute Gasteiger partial charge is 0.222 e. The molecule has 1 aliphatic rings. The van der Waals surface area contributed by atoms with Crippen molar-refractivity contribution in [1.82, 2.24) is 24.7 Å². The van der Waals surface area contributed by atoms with Crippen LogP contribution in [0.5, 0.6) is 0 Å². The van der Waals surface area contributed by atoms with Crippen LogP contribution in [0.15, 0.2) is 24.7 Å². The number of amides is 1. The minimum atomic E-state index is -1.62. The Morgan fingerprint density at radius 2 is 2.10 bits per heavy atom. The third kappa shape index (κ3) is 3.76. The first-order valence-corrected chi connectivity index (χ1v) is 9.65. The van der Waals surface area contributed by atoms with Crippen LogP contribution in [0.2, 0.25) is 0 Å². The number of hydrogen-bond donors (Lipinski definition) is 1. The molecule has 3 aromatic heterocycles. The molecule has 8 nitrogen and oxygen atoms in total. The van der Waals surface area contributed by atoms with Crippen LogP contribution in [-0.2, 0) is 10.5 Å². The van der Waals surface area contributed by atoms with Crippen LogP contribution in [0.3, 0.4) is 0 Å². The number of pyridine rings is 1. The van der Waals surface area contributed by atoms with Gasteiger partial charge < -0.3 is 10.2 Å². The van der Waals surface area contributed by atoms with E-state index in [0.717, 1.165) is 36.2 Å². The number of halogens is 1. The molecule has 0 bridgehead atoms. The number of hydrogen-bond acceptors (Lipinski definition) is 6. The molecule has 0 saturated carbocycles. The van der Waals surface area contributed by atoms with Gasteiger partial charge in [-0.2, -0.15) is 0 Å². The molecule has 29 heavy (non-hydrogen) atoms. The number of alkyl halides is 1. The zero-order valence-corrected chi connectivity index (χ0v) is 17.0. The fraction of sp³-hybridized carbons (Fsp3) is 0.450. The highest BCUT2D eigenvalue weighted by Gasteiger charge is 2.26. The predicted octanol–water partition coefficient (Wildman–Crippen LogP) is 3.22. The highest BCUT2D eigenvalue weighted by atomic mass is 19.1. The van der Waals surface area contributed by atoms with Crippen molar-refractivity contribution in [1.29, 1.82) is 0 Å². The van der Waals surface area contributed by atoms with E-state index in [2.05, 4.69) is 32.1 Å². The molecule has 1 unspecified atom stereocenters. The van der Waals surface area contributed by atoms with Crippen LogP contribution < -0.4 is 10.2 Å². The molecule has 1 aliphatic heterocycles. The van der Waals surface area contributed by atoms with E-state index in [-0.39, 0.29) is 11.6 Å². The quantitative estimate of drug-likeness (QED) is 0.727.